The van der Waals surface area contributed by atoms with Crippen molar-refractivity contribution in [2.45, 2.75) is 38.9 Å². The van der Waals surface area contributed by atoms with Gasteiger partial charge in [-0.2, -0.15) is 0 Å². The summed E-state index contributed by atoms with van der Waals surface area (Å²) in [5.41, 5.74) is 1.98. The summed E-state index contributed by atoms with van der Waals surface area (Å²) >= 11 is 9.41. The molecular formula is C28H31BrClN3O4S. The van der Waals surface area contributed by atoms with Crippen molar-refractivity contribution in [3.05, 3.63) is 99.5 Å². The van der Waals surface area contributed by atoms with Crippen molar-refractivity contribution in [3.8, 4) is 0 Å². The van der Waals surface area contributed by atoms with Gasteiger partial charge in [0.25, 0.3) is 0 Å². The first-order valence-corrected chi connectivity index (χ1v) is 15.1. The van der Waals surface area contributed by atoms with E-state index < -0.39 is 28.5 Å². The third-order valence-electron chi connectivity index (χ3n) is 5.76. The van der Waals surface area contributed by atoms with E-state index in [1.165, 1.54) is 4.90 Å². The Morgan fingerprint density at radius 3 is 2.08 bits per heavy atom. The van der Waals surface area contributed by atoms with Crippen LogP contribution in [-0.4, -0.2) is 50.0 Å². The van der Waals surface area contributed by atoms with Gasteiger partial charge in [0.1, 0.15) is 12.6 Å². The molecule has 1 unspecified atom stereocenters. The van der Waals surface area contributed by atoms with Gasteiger partial charge in [0.15, 0.2) is 0 Å². The average molecular weight is 621 g/mol. The predicted octanol–water partition coefficient (Wildman–Crippen LogP) is 5.03. The smallest absolute Gasteiger partial charge is 0.244 e. The molecule has 202 valence electrons. The fourth-order valence-corrected chi connectivity index (χ4v) is 5.18. The number of nitrogens with zero attached hydrogens (tertiary/aromatic N) is 2. The van der Waals surface area contributed by atoms with Crippen molar-refractivity contribution in [1.82, 2.24) is 10.2 Å². The highest BCUT2D eigenvalue weighted by Crippen LogP contribution is 2.22. The van der Waals surface area contributed by atoms with Crippen LogP contribution >= 0.6 is 27.5 Å². The van der Waals surface area contributed by atoms with Crippen LogP contribution < -0.4 is 9.62 Å². The summed E-state index contributed by atoms with van der Waals surface area (Å²) in [5, 5.41) is 3.37. The number of halogens is 2. The average Bonchev–Trinajstić information content (AvgIpc) is 2.86. The molecule has 2 amide bonds. The molecule has 0 aliphatic heterocycles. The van der Waals surface area contributed by atoms with E-state index in [2.05, 4.69) is 21.2 Å². The maximum Gasteiger partial charge on any atom is 0.244 e. The number of rotatable bonds is 11. The lowest BCUT2D eigenvalue weighted by Gasteiger charge is -2.34. The first-order chi connectivity index (χ1) is 17.9. The Labute approximate surface area is 238 Å². The molecule has 1 N–H and O–H groups in total. The third-order valence-corrected chi connectivity index (χ3v) is 7.68. The molecule has 0 radical (unpaired) electrons. The summed E-state index contributed by atoms with van der Waals surface area (Å²) in [6, 6.07) is 22.1. The van der Waals surface area contributed by atoms with Crippen LogP contribution in [0.3, 0.4) is 0 Å². The summed E-state index contributed by atoms with van der Waals surface area (Å²) in [4.78, 5) is 28.9. The summed E-state index contributed by atoms with van der Waals surface area (Å²) < 4.78 is 27.4. The first kappa shape index (κ1) is 29.7. The number of sulfonamides is 1. The van der Waals surface area contributed by atoms with E-state index >= 15 is 0 Å². The van der Waals surface area contributed by atoms with Gasteiger partial charge in [-0.25, -0.2) is 8.42 Å². The SMILES string of the molecule is CC(C)NC(=O)C(Cc1ccccc1)N(Cc1ccc(Br)cc1)C(=O)CN(c1ccc(Cl)cc1)S(C)(=O)=O. The lowest BCUT2D eigenvalue weighted by molar-refractivity contribution is -0.140. The molecule has 0 fully saturated rings. The van der Waals surface area contributed by atoms with Crippen molar-refractivity contribution >= 4 is 55.1 Å². The lowest BCUT2D eigenvalue weighted by Crippen LogP contribution is -2.54. The van der Waals surface area contributed by atoms with Gasteiger partial charge in [-0.1, -0.05) is 70.0 Å². The number of carbonyl (C=O) groups is 2. The van der Waals surface area contributed by atoms with Crippen molar-refractivity contribution in [2.24, 2.45) is 0 Å². The minimum atomic E-state index is -3.83. The van der Waals surface area contributed by atoms with Crippen LogP contribution in [-0.2, 0) is 32.6 Å². The fraction of sp³-hybridized carbons (Fsp3) is 0.286. The van der Waals surface area contributed by atoms with Crippen LogP contribution in [0.1, 0.15) is 25.0 Å². The van der Waals surface area contributed by atoms with Crippen LogP contribution in [0, 0.1) is 0 Å². The van der Waals surface area contributed by atoms with E-state index in [0.29, 0.717) is 10.7 Å². The number of nitrogens with one attached hydrogen (secondary N) is 1. The molecule has 0 aromatic heterocycles. The second-order valence-corrected chi connectivity index (χ2v) is 12.5. The zero-order valence-electron chi connectivity index (χ0n) is 21.5. The monoisotopic (exact) mass is 619 g/mol. The number of carbonyl (C=O) groups excluding carboxylic acids is 2. The van der Waals surface area contributed by atoms with Crippen molar-refractivity contribution in [3.63, 3.8) is 0 Å². The molecule has 0 heterocycles. The molecule has 3 aromatic rings. The highest BCUT2D eigenvalue weighted by molar-refractivity contribution is 9.10. The van der Waals surface area contributed by atoms with Crippen molar-refractivity contribution < 1.29 is 18.0 Å². The topological polar surface area (TPSA) is 86.8 Å². The molecule has 0 spiro atoms. The minimum absolute atomic E-state index is 0.118. The number of benzene rings is 3. The number of hydrogen-bond donors (Lipinski definition) is 1. The zero-order valence-corrected chi connectivity index (χ0v) is 24.6. The first-order valence-electron chi connectivity index (χ1n) is 12.1. The van der Waals surface area contributed by atoms with Crippen molar-refractivity contribution in [1.29, 1.82) is 0 Å². The summed E-state index contributed by atoms with van der Waals surface area (Å²) in [6.07, 6.45) is 1.31. The van der Waals surface area contributed by atoms with E-state index in [0.717, 1.165) is 26.2 Å². The summed E-state index contributed by atoms with van der Waals surface area (Å²) in [5.74, 6) is -0.820. The van der Waals surface area contributed by atoms with Gasteiger partial charge in [-0.05, 0) is 61.4 Å². The van der Waals surface area contributed by atoms with E-state index in [1.807, 2.05) is 68.4 Å². The largest absolute Gasteiger partial charge is 0.352 e. The van der Waals surface area contributed by atoms with Gasteiger partial charge in [-0.3, -0.25) is 13.9 Å². The fourth-order valence-electron chi connectivity index (χ4n) is 3.94. The Kier molecular flexibility index (Phi) is 10.4. The van der Waals surface area contributed by atoms with Gasteiger partial charge in [0, 0.05) is 28.5 Å². The van der Waals surface area contributed by atoms with Crippen LogP contribution in [0.2, 0.25) is 5.02 Å². The summed E-state index contributed by atoms with van der Waals surface area (Å²) in [7, 11) is -3.83. The van der Waals surface area contributed by atoms with Crippen LogP contribution in [0.4, 0.5) is 5.69 Å². The molecule has 0 aliphatic carbocycles. The van der Waals surface area contributed by atoms with Gasteiger partial charge < -0.3 is 10.2 Å². The Bertz CT molecular complexity index is 1330. The van der Waals surface area contributed by atoms with Crippen LogP contribution in [0.25, 0.3) is 0 Å². The van der Waals surface area contributed by atoms with E-state index in [1.54, 1.807) is 24.3 Å². The van der Waals surface area contributed by atoms with Crippen LogP contribution in [0.15, 0.2) is 83.3 Å². The molecule has 0 saturated carbocycles. The maximum absolute atomic E-state index is 13.9. The van der Waals surface area contributed by atoms with E-state index in [4.69, 9.17) is 11.6 Å². The number of hydrogen-bond acceptors (Lipinski definition) is 4. The molecular weight excluding hydrogens is 590 g/mol. The van der Waals surface area contributed by atoms with Crippen molar-refractivity contribution in [2.75, 3.05) is 17.1 Å². The molecule has 0 bridgehead atoms. The second kappa shape index (κ2) is 13.3. The normalized spacial score (nSPS) is 12.2. The molecule has 0 saturated heterocycles. The molecule has 10 heteroatoms. The van der Waals surface area contributed by atoms with Gasteiger partial charge >= 0.3 is 0 Å². The Hall–Kier alpha value is -2.88. The molecule has 3 aromatic carbocycles. The molecule has 1 atom stereocenters. The second-order valence-electron chi connectivity index (χ2n) is 9.26. The number of amides is 2. The van der Waals surface area contributed by atoms with Crippen LogP contribution in [0.5, 0.6) is 0 Å². The highest BCUT2D eigenvalue weighted by atomic mass is 79.9. The zero-order chi connectivity index (χ0) is 27.9. The summed E-state index contributed by atoms with van der Waals surface area (Å²) in [6.45, 7) is 3.35. The Morgan fingerprint density at radius 1 is 0.921 bits per heavy atom. The maximum atomic E-state index is 13.9. The van der Waals surface area contributed by atoms with E-state index in [-0.39, 0.29) is 24.9 Å². The molecule has 7 nitrogen and oxygen atoms in total. The molecule has 38 heavy (non-hydrogen) atoms. The lowest BCUT2D eigenvalue weighted by atomic mass is 10.0. The molecule has 0 aliphatic rings. The standard InChI is InChI=1S/C28H31BrClN3O4S/c1-20(2)31-28(35)26(17-21-7-5-4-6-8-21)32(18-22-9-11-23(29)12-10-22)27(34)19-33(38(3,36)37)25-15-13-24(30)14-16-25/h4-16,20,26H,17-19H2,1-3H3,(H,31,35). The van der Waals surface area contributed by atoms with Gasteiger partial charge in [0.05, 0.1) is 11.9 Å². The predicted molar refractivity (Wildman–Crippen MR) is 156 cm³/mol. The number of anilines is 1. The van der Waals surface area contributed by atoms with Gasteiger partial charge in [0.2, 0.25) is 21.8 Å². The Morgan fingerprint density at radius 2 is 1.53 bits per heavy atom. The minimum Gasteiger partial charge on any atom is -0.352 e. The quantitative estimate of drug-likeness (QED) is 0.326. The third kappa shape index (κ3) is 8.58. The highest BCUT2D eigenvalue weighted by Gasteiger charge is 2.33. The van der Waals surface area contributed by atoms with Gasteiger partial charge in [-0.15, -0.1) is 0 Å². The van der Waals surface area contributed by atoms with E-state index in [9.17, 15) is 18.0 Å². The molecule has 3 rings (SSSR count). The Balaban J connectivity index is 2.04.